The average Bonchev–Trinajstić information content (AvgIpc) is 2.78. The number of aromatic nitrogens is 2. The third kappa shape index (κ3) is 2.61. The number of nitrogens with zero attached hydrogens (tertiary/aromatic N) is 2. The highest BCUT2D eigenvalue weighted by Gasteiger charge is 2.21. The van der Waals surface area contributed by atoms with Gasteiger partial charge in [0, 0.05) is 15.6 Å². The molecule has 0 bridgehead atoms. The van der Waals surface area contributed by atoms with Crippen LogP contribution in [0.1, 0.15) is 26.5 Å². The predicted molar refractivity (Wildman–Crippen MR) is 74.8 cm³/mol. The summed E-state index contributed by atoms with van der Waals surface area (Å²) in [4.78, 5) is 26.5. The van der Waals surface area contributed by atoms with Gasteiger partial charge in [-0.1, -0.05) is 29.3 Å². The molecule has 0 fully saturated rings. The highest BCUT2D eigenvalue weighted by molar-refractivity contribution is 6.36. The van der Waals surface area contributed by atoms with Crippen LogP contribution in [0.25, 0.3) is 0 Å². The minimum Gasteiger partial charge on any atom is -0.364 e. The third-order valence-corrected chi connectivity index (χ3v) is 3.40. The Bertz CT molecular complexity index is 677. The van der Waals surface area contributed by atoms with E-state index >= 15 is 0 Å². The van der Waals surface area contributed by atoms with E-state index < -0.39 is 11.8 Å². The summed E-state index contributed by atoms with van der Waals surface area (Å²) < 4.78 is 1.38. The van der Waals surface area contributed by atoms with E-state index in [2.05, 4.69) is 4.98 Å². The average molecular weight is 313 g/mol. The van der Waals surface area contributed by atoms with Crippen LogP contribution in [0.3, 0.4) is 0 Å². The lowest BCUT2D eigenvalue weighted by atomic mass is 10.2. The smallest absolute Gasteiger partial charge is 0.269 e. The summed E-state index contributed by atoms with van der Waals surface area (Å²) in [6.45, 7) is 0.150. The van der Waals surface area contributed by atoms with Crippen LogP contribution in [0.15, 0.2) is 24.5 Å². The first-order chi connectivity index (χ1) is 9.41. The number of carbonyl (C=O) groups is 2. The molecule has 0 spiro atoms. The van der Waals surface area contributed by atoms with Gasteiger partial charge in [0.15, 0.2) is 5.69 Å². The number of amides is 2. The summed E-state index contributed by atoms with van der Waals surface area (Å²) >= 11 is 12.1. The van der Waals surface area contributed by atoms with Gasteiger partial charge in [-0.3, -0.25) is 9.59 Å². The molecule has 1 aromatic carbocycles. The molecule has 8 heteroatoms. The van der Waals surface area contributed by atoms with Gasteiger partial charge in [-0.25, -0.2) is 4.98 Å². The van der Waals surface area contributed by atoms with E-state index in [4.69, 9.17) is 34.7 Å². The number of primary amides is 2. The van der Waals surface area contributed by atoms with E-state index in [0.29, 0.717) is 15.6 Å². The fourth-order valence-electron chi connectivity index (χ4n) is 1.79. The zero-order chi connectivity index (χ0) is 14.9. The van der Waals surface area contributed by atoms with Gasteiger partial charge in [0.05, 0.1) is 12.9 Å². The molecule has 0 aliphatic carbocycles. The first-order valence-corrected chi connectivity index (χ1v) is 6.25. The number of carbonyl (C=O) groups excluding carboxylic acids is 2. The topological polar surface area (TPSA) is 104 Å². The van der Waals surface area contributed by atoms with Gasteiger partial charge in [-0.05, 0) is 12.1 Å². The maximum Gasteiger partial charge on any atom is 0.269 e. The van der Waals surface area contributed by atoms with Crippen LogP contribution in [-0.4, -0.2) is 21.4 Å². The molecule has 1 heterocycles. The van der Waals surface area contributed by atoms with Crippen molar-refractivity contribution in [3.05, 3.63) is 51.5 Å². The summed E-state index contributed by atoms with van der Waals surface area (Å²) in [7, 11) is 0. The highest BCUT2D eigenvalue weighted by Crippen LogP contribution is 2.25. The number of benzene rings is 1. The maximum absolute atomic E-state index is 11.5. The molecule has 0 aliphatic heterocycles. The number of nitrogens with two attached hydrogens (primary N) is 2. The molecule has 2 rings (SSSR count). The highest BCUT2D eigenvalue weighted by atomic mass is 35.5. The Kier molecular flexibility index (Phi) is 3.96. The summed E-state index contributed by atoms with van der Waals surface area (Å²) in [6, 6.07) is 5.03. The molecule has 0 aliphatic rings. The zero-order valence-electron chi connectivity index (χ0n) is 10.1. The largest absolute Gasteiger partial charge is 0.364 e. The molecular formula is C12H10Cl2N4O2. The minimum atomic E-state index is -0.831. The summed E-state index contributed by atoms with van der Waals surface area (Å²) in [6.07, 6.45) is 1.29. The van der Waals surface area contributed by atoms with E-state index in [-0.39, 0.29) is 17.9 Å². The van der Waals surface area contributed by atoms with E-state index in [1.54, 1.807) is 18.2 Å². The molecule has 4 N–H and O–H groups in total. The molecule has 6 nitrogen and oxygen atoms in total. The van der Waals surface area contributed by atoms with Crippen molar-refractivity contribution < 1.29 is 9.59 Å². The van der Waals surface area contributed by atoms with Crippen molar-refractivity contribution in [2.75, 3.05) is 0 Å². The number of hydrogen-bond acceptors (Lipinski definition) is 3. The van der Waals surface area contributed by atoms with Crippen LogP contribution >= 0.6 is 23.2 Å². The Labute approximate surface area is 124 Å². The van der Waals surface area contributed by atoms with Gasteiger partial charge >= 0.3 is 0 Å². The van der Waals surface area contributed by atoms with Crippen LogP contribution in [-0.2, 0) is 6.54 Å². The van der Waals surface area contributed by atoms with Crippen LogP contribution in [0.2, 0.25) is 10.0 Å². The van der Waals surface area contributed by atoms with Gasteiger partial charge in [0.1, 0.15) is 5.69 Å². The Balaban J connectivity index is 2.50. The van der Waals surface area contributed by atoms with Gasteiger partial charge in [0.25, 0.3) is 11.8 Å². The molecular weight excluding hydrogens is 303 g/mol. The fourth-order valence-corrected chi connectivity index (χ4v) is 2.31. The van der Waals surface area contributed by atoms with Crippen molar-refractivity contribution in [1.82, 2.24) is 9.55 Å². The molecule has 2 amide bonds. The second-order valence-corrected chi connectivity index (χ2v) is 4.81. The Morgan fingerprint density at radius 1 is 1.15 bits per heavy atom. The van der Waals surface area contributed by atoms with Gasteiger partial charge < -0.3 is 16.0 Å². The zero-order valence-corrected chi connectivity index (χ0v) is 11.6. The Hall–Kier alpha value is -2.05. The van der Waals surface area contributed by atoms with Crippen molar-refractivity contribution >= 4 is 35.0 Å². The monoisotopic (exact) mass is 312 g/mol. The van der Waals surface area contributed by atoms with Gasteiger partial charge in [0.2, 0.25) is 0 Å². The van der Waals surface area contributed by atoms with Crippen LogP contribution in [0.4, 0.5) is 0 Å². The summed E-state index contributed by atoms with van der Waals surface area (Å²) in [5.41, 5.74) is 10.7. The molecule has 0 atom stereocenters. The lowest BCUT2D eigenvalue weighted by Gasteiger charge is -2.10. The van der Waals surface area contributed by atoms with E-state index in [9.17, 15) is 9.59 Å². The molecule has 0 radical (unpaired) electrons. The normalized spacial score (nSPS) is 10.5. The molecule has 0 unspecified atom stereocenters. The van der Waals surface area contributed by atoms with Gasteiger partial charge in [-0.15, -0.1) is 0 Å². The van der Waals surface area contributed by atoms with Crippen molar-refractivity contribution in [2.24, 2.45) is 11.5 Å². The Morgan fingerprint density at radius 3 is 2.25 bits per heavy atom. The SMILES string of the molecule is NC(=O)c1ncn(Cc2c(Cl)cccc2Cl)c1C(N)=O. The van der Waals surface area contributed by atoms with Crippen LogP contribution in [0, 0.1) is 0 Å². The number of imidazole rings is 1. The molecule has 104 valence electrons. The fraction of sp³-hybridized carbons (Fsp3) is 0.0833. The second kappa shape index (κ2) is 5.52. The van der Waals surface area contributed by atoms with Crippen LogP contribution in [0.5, 0.6) is 0 Å². The molecule has 20 heavy (non-hydrogen) atoms. The van der Waals surface area contributed by atoms with E-state index in [0.717, 1.165) is 0 Å². The maximum atomic E-state index is 11.5. The van der Waals surface area contributed by atoms with Crippen molar-refractivity contribution in [3.63, 3.8) is 0 Å². The van der Waals surface area contributed by atoms with Crippen LogP contribution < -0.4 is 11.5 Å². The number of hydrogen-bond donors (Lipinski definition) is 2. The summed E-state index contributed by atoms with van der Waals surface area (Å²) in [5.74, 6) is -1.64. The standard InChI is InChI=1S/C12H10Cl2N4O2/c13-7-2-1-3-8(14)6(7)4-18-5-17-9(11(15)19)10(18)12(16)20/h1-3,5H,4H2,(H2,15,19)(H2,16,20). The van der Waals surface area contributed by atoms with Gasteiger partial charge in [-0.2, -0.15) is 0 Å². The van der Waals surface area contributed by atoms with E-state index in [1.165, 1.54) is 10.9 Å². The first-order valence-electron chi connectivity index (χ1n) is 5.49. The molecule has 0 saturated carbocycles. The van der Waals surface area contributed by atoms with Crippen molar-refractivity contribution in [2.45, 2.75) is 6.54 Å². The predicted octanol–water partition coefficient (Wildman–Crippen LogP) is 1.44. The molecule has 1 aromatic heterocycles. The Morgan fingerprint density at radius 2 is 1.75 bits per heavy atom. The number of rotatable bonds is 4. The number of halogens is 2. The third-order valence-electron chi connectivity index (χ3n) is 2.69. The van der Waals surface area contributed by atoms with Crippen molar-refractivity contribution in [1.29, 1.82) is 0 Å². The second-order valence-electron chi connectivity index (χ2n) is 4.00. The van der Waals surface area contributed by atoms with Crippen molar-refractivity contribution in [3.8, 4) is 0 Å². The lowest BCUT2D eigenvalue weighted by Crippen LogP contribution is -2.23. The lowest BCUT2D eigenvalue weighted by molar-refractivity contribution is 0.0959. The molecule has 0 saturated heterocycles. The first kappa shape index (κ1) is 14.4. The quantitative estimate of drug-likeness (QED) is 0.892. The summed E-state index contributed by atoms with van der Waals surface area (Å²) in [5, 5.41) is 0.865. The molecule has 2 aromatic rings. The van der Waals surface area contributed by atoms with E-state index in [1.807, 2.05) is 0 Å². The minimum absolute atomic E-state index is 0.0755.